The highest BCUT2D eigenvalue weighted by molar-refractivity contribution is 6.33. The normalized spacial score (nSPS) is 12.4. The van der Waals surface area contributed by atoms with Crippen molar-refractivity contribution in [1.29, 1.82) is 0 Å². The number of aromatic amines is 1. The molecule has 37 heavy (non-hydrogen) atoms. The number of Topliss-reactive ketones (excluding diaryl/α,β-unsaturated/α-hetero) is 1. The second-order valence-electron chi connectivity index (χ2n) is 9.29. The summed E-state index contributed by atoms with van der Waals surface area (Å²) in [4.78, 5) is 40.6. The van der Waals surface area contributed by atoms with E-state index in [1.165, 1.54) is 0 Å². The van der Waals surface area contributed by atoms with Crippen molar-refractivity contribution in [2.24, 2.45) is 5.41 Å². The minimum absolute atomic E-state index is 0.0489. The topological polar surface area (TPSA) is 97.8 Å². The maximum atomic E-state index is 13.7. The Kier molecular flexibility index (Phi) is 9.92. The van der Waals surface area contributed by atoms with Crippen LogP contribution in [0.1, 0.15) is 65.4 Å². The van der Waals surface area contributed by atoms with Crippen molar-refractivity contribution in [3.63, 3.8) is 0 Å². The summed E-state index contributed by atoms with van der Waals surface area (Å²) in [6.45, 7) is 7.11. The highest BCUT2D eigenvalue weighted by Gasteiger charge is 2.34. The number of alkyl halides is 1. The summed E-state index contributed by atoms with van der Waals surface area (Å²) < 4.78 is 19.4. The Labute approximate surface area is 221 Å². The zero-order valence-corrected chi connectivity index (χ0v) is 22.6. The fraction of sp³-hybridized carbons (Fsp3) is 0.464. The monoisotopic (exact) mass is 528 g/mol. The molecular formula is C28H34ClFN4O3. The van der Waals surface area contributed by atoms with Crippen LogP contribution in [0, 0.1) is 5.41 Å². The Hall–Kier alpha value is -3.13. The first kappa shape index (κ1) is 28.4. The van der Waals surface area contributed by atoms with Crippen LogP contribution in [0.3, 0.4) is 0 Å². The molecule has 0 bridgehead atoms. The van der Waals surface area contributed by atoms with E-state index in [2.05, 4.69) is 26.9 Å². The lowest BCUT2D eigenvalue weighted by molar-refractivity contribution is -0.130. The number of ether oxygens (including phenoxy) is 1. The number of pyridine rings is 1. The molecule has 1 atom stereocenters. The lowest BCUT2D eigenvalue weighted by Crippen LogP contribution is -2.32. The van der Waals surface area contributed by atoms with Crippen molar-refractivity contribution in [2.45, 2.75) is 72.3 Å². The van der Waals surface area contributed by atoms with Crippen molar-refractivity contribution in [3.8, 4) is 28.7 Å². The van der Waals surface area contributed by atoms with Gasteiger partial charge >= 0.3 is 5.69 Å². The smallest absolute Gasteiger partial charge is 0.348 e. The molecule has 1 N–H and O–H groups in total. The van der Waals surface area contributed by atoms with Crippen molar-refractivity contribution < 1.29 is 13.9 Å². The van der Waals surface area contributed by atoms with Crippen LogP contribution in [0.15, 0.2) is 41.3 Å². The van der Waals surface area contributed by atoms with Crippen LogP contribution in [0.5, 0.6) is 5.88 Å². The van der Waals surface area contributed by atoms with E-state index < -0.39 is 17.8 Å². The molecule has 0 unspecified atom stereocenters. The Balaban J connectivity index is 1.84. The van der Waals surface area contributed by atoms with E-state index in [0.717, 1.165) is 18.4 Å². The number of aryl methyl sites for hydroxylation is 1. The third-order valence-electron chi connectivity index (χ3n) is 6.79. The lowest BCUT2D eigenvalue weighted by Gasteiger charge is -2.26. The van der Waals surface area contributed by atoms with Gasteiger partial charge < -0.3 is 4.74 Å². The molecule has 1 aromatic carbocycles. The molecule has 0 aliphatic heterocycles. The van der Waals surface area contributed by atoms with Gasteiger partial charge in [0.05, 0.1) is 16.5 Å². The van der Waals surface area contributed by atoms with Crippen LogP contribution in [0.4, 0.5) is 4.39 Å². The molecule has 2 heterocycles. The van der Waals surface area contributed by atoms with Crippen LogP contribution in [0.2, 0.25) is 5.02 Å². The first-order valence-electron chi connectivity index (χ1n) is 12.7. The Morgan fingerprint density at radius 2 is 1.92 bits per heavy atom. The van der Waals surface area contributed by atoms with Crippen molar-refractivity contribution in [3.05, 3.63) is 57.6 Å². The quantitative estimate of drug-likeness (QED) is 0.276. The number of nitrogens with zero attached hydrogens (tertiary/aromatic N) is 3. The standard InChI is InChI=1S/C28H34ClFN4O3/c1-5-8-18(4)37-24-14-11-20(16-31-24)25-32-26(34-27(36)33-25)21-15-19(9-12-22(21)29)10-13-23(35)28(6-2,7-3)17-30/h9,11-12,14-16,18H,5-8,10,13,17H2,1-4H3,(H,32,33,34,36)/t18-/m0/s1. The van der Waals surface area contributed by atoms with Gasteiger partial charge in [-0.1, -0.05) is 44.9 Å². The number of H-pyrrole nitrogens is 1. The summed E-state index contributed by atoms with van der Waals surface area (Å²) in [6, 6.07) is 8.78. The molecule has 2 aromatic heterocycles. The van der Waals surface area contributed by atoms with E-state index in [-0.39, 0.29) is 30.0 Å². The van der Waals surface area contributed by atoms with E-state index in [1.54, 1.807) is 30.5 Å². The third kappa shape index (κ3) is 7.01. The minimum Gasteiger partial charge on any atom is -0.475 e. The second-order valence-corrected chi connectivity index (χ2v) is 9.69. The maximum Gasteiger partial charge on any atom is 0.348 e. The molecular weight excluding hydrogens is 495 g/mol. The van der Waals surface area contributed by atoms with E-state index >= 15 is 0 Å². The zero-order chi connectivity index (χ0) is 27.0. The van der Waals surface area contributed by atoms with Gasteiger partial charge in [0.1, 0.15) is 18.3 Å². The summed E-state index contributed by atoms with van der Waals surface area (Å²) in [7, 11) is 0. The summed E-state index contributed by atoms with van der Waals surface area (Å²) in [6.07, 6.45) is 5.13. The SMILES string of the molecule is CCC[C@H](C)Oc1ccc(-c2nc(-c3cc(CCC(=O)C(CC)(CC)CF)ccc3Cl)[nH]c(=O)n2)cn1. The molecule has 0 saturated heterocycles. The van der Waals surface area contributed by atoms with Crippen molar-refractivity contribution in [2.75, 3.05) is 6.67 Å². The first-order valence-corrected chi connectivity index (χ1v) is 13.1. The predicted molar refractivity (Wildman–Crippen MR) is 144 cm³/mol. The number of nitrogens with one attached hydrogen (secondary N) is 1. The summed E-state index contributed by atoms with van der Waals surface area (Å²) in [5, 5.41) is 0.391. The zero-order valence-electron chi connectivity index (χ0n) is 21.8. The number of benzene rings is 1. The van der Waals surface area contributed by atoms with Gasteiger partial charge in [0.25, 0.3) is 0 Å². The second kappa shape index (κ2) is 12.9. The number of rotatable bonds is 13. The Morgan fingerprint density at radius 3 is 2.54 bits per heavy atom. The first-order chi connectivity index (χ1) is 17.7. The molecule has 7 nitrogen and oxygen atoms in total. The van der Waals surface area contributed by atoms with Gasteiger partial charge in [-0.25, -0.2) is 14.8 Å². The van der Waals surface area contributed by atoms with Crippen molar-refractivity contribution in [1.82, 2.24) is 19.9 Å². The highest BCUT2D eigenvalue weighted by atomic mass is 35.5. The van der Waals surface area contributed by atoms with E-state index in [9.17, 15) is 14.0 Å². The van der Waals surface area contributed by atoms with Crippen LogP contribution in [-0.2, 0) is 11.2 Å². The summed E-state index contributed by atoms with van der Waals surface area (Å²) in [5.74, 6) is 0.862. The molecule has 0 saturated carbocycles. The maximum absolute atomic E-state index is 13.7. The molecule has 0 aliphatic carbocycles. The molecule has 0 aliphatic rings. The number of carbonyl (C=O) groups excluding carboxylic acids is 1. The van der Waals surface area contributed by atoms with E-state index in [0.29, 0.717) is 41.3 Å². The van der Waals surface area contributed by atoms with Gasteiger partial charge in [-0.3, -0.25) is 14.2 Å². The van der Waals surface area contributed by atoms with Gasteiger partial charge in [-0.05, 0) is 56.4 Å². The lowest BCUT2D eigenvalue weighted by atomic mass is 9.77. The number of ketones is 1. The third-order valence-corrected chi connectivity index (χ3v) is 7.12. The molecule has 3 aromatic rings. The minimum atomic E-state index is -0.926. The van der Waals surface area contributed by atoms with E-state index in [4.69, 9.17) is 16.3 Å². The number of halogens is 2. The predicted octanol–water partition coefficient (Wildman–Crippen LogP) is 6.39. The van der Waals surface area contributed by atoms with Gasteiger partial charge in [0, 0.05) is 29.8 Å². The van der Waals surface area contributed by atoms with Crippen LogP contribution < -0.4 is 10.4 Å². The average molecular weight is 529 g/mol. The van der Waals surface area contributed by atoms with Crippen LogP contribution in [-0.4, -0.2) is 38.5 Å². The Bertz CT molecular complexity index is 1250. The van der Waals surface area contributed by atoms with Gasteiger partial charge in [0.15, 0.2) is 5.82 Å². The number of carbonyl (C=O) groups is 1. The van der Waals surface area contributed by atoms with Crippen LogP contribution >= 0.6 is 11.6 Å². The molecule has 0 amide bonds. The van der Waals surface area contributed by atoms with Gasteiger partial charge in [0.2, 0.25) is 5.88 Å². The van der Waals surface area contributed by atoms with E-state index in [1.807, 2.05) is 26.8 Å². The number of aromatic nitrogens is 4. The Morgan fingerprint density at radius 1 is 1.16 bits per heavy atom. The van der Waals surface area contributed by atoms with Gasteiger partial charge in [-0.15, -0.1) is 0 Å². The average Bonchev–Trinajstić information content (AvgIpc) is 2.89. The summed E-state index contributed by atoms with van der Waals surface area (Å²) >= 11 is 6.45. The fourth-order valence-electron chi connectivity index (χ4n) is 4.24. The largest absolute Gasteiger partial charge is 0.475 e. The van der Waals surface area contributed by atoms with Gasteiger partial charge in [-0.2, -0.15) is 4.98 Å². The summed E-state index contributed by atoms with van der Waals surface area (Å²) in [5.41, 5.74) is 0.397. The number of hydrogen-bond acceptors (Lipinski definition) is 6. The highest BCUT2D eigenvalue weighted by Crippen LogP contribution is 2.31. The molecule has 0 fully saturated rings. The van der Waals surface area contributed by atoms with Crippen molar-refractivity contribution >= 4 is 17.4 Å². The molecule has 0 spiro atoms. The molecule has 198 valence electrons. The van der Waals surface area contributed by atoms with Crippen LogP contribution in [0.25, 0.3) is 22.8 Å². The molecule has 0 radical (unpaired) electrons. The molecule has 3 rings (SSSR count). The fourth-order valence-corrected chi connectivity index (χ4v) is 4.44. The molecule has 9 heteroatoms. The number of hydrogen-bond donors (Lipinski definition) is 1.